The van der Waals surface area contributed by atoms with Crippen LogP contribution >= 0.6 is 27.5 Å². The van der Waals surface area contributed by atoms with Crippen LogP contribution in [0.3, 0.4) is 0 Å². The van der Waals surface area contributed by atoms with Crippen molar-refractivity contribution in [3.63, 3.8) is 0 Å². The van der Waals surface area contributed by atoms with Crippen LogP contribution in [0.1, 0.15) is 29.6 Å². The molecule has 0 aromatic heterocycles. The number of benzene rings is 1. The zero-order chi connectivity index (χ0) is 12.3. The van der Waals surface area contributed by atoms with Crippen molar-refractivity contribution in [1.82, 2.24) is 5.32 Å². The van der Waals surface area contributed by atoms with Crippen LogP contribution < -0.4 is 5.32 Å². The third-order valence-electron chi connectivity index (χ3n) is 2.80. The third-order valence-corrected chi connectivity index (χ3v) is 4.10. The maximum Gasteiger partial charge on any atom is 0.253 e. The summed E-state index contributed by atoms with van der Waals surface area (Å²) < 4.78 is 0.746. The van der Waals surface area contributed by atoms with E-state index < -0.39 is 0 Å². The minimum Gasteiger partial charge on any atom is -0.349 e. The molecule has 90 valence electrons. The molecule has 1 aromatic rings. The number of halogens is 2. The highest BCUT2D eigenvalue weighted by molar-refractivity contribution is 9.10. The van der Waals surface area contributed by atoms with Gasteiger partial charge in [-0.1, -0.05) is 29.8 Å². The van der Waals surface area contributed by atoms with Gasteiger partial charge in [0.2, 0.25) is 0 Å². The quantitative estimate of drug-likeness (QED) is 0.823. The first kappa shape index (κ1) is 12.7. The van der Waals surface area contributed by atoms with E-state index in [9.17, 15) is 4.79 Å². The fourth-order valence-corrected chi connectivity index (χ4v) is 2.45. The van der Waals surface area contributed by atoms with E-state index in [1.54, 1.807) is 6.07 Å². The number of carbonyl (C=O) groups is 1. The number of nitrogens with one attached hydrogen (secondary N) is 1. The Bertz CT molecular complexity index is 459. The molecule has 1 unspecified atom stereocenters. The second kappa shape index (κ2) is 5.69. The topological polar surface area (TPSA) is 29.1 Å². The van der Waals surface area contributed by atoms with Gasteiger partial charge in [0.15, 0.2) is 0 Å². The van der Waals surface area contributed by atoms with Gasteiger partial charge in [-0.15, -0.1) is 0 Å². The summed E-state index contributed by atoms with van der Waals surface area (Å²) in [7, 11) is 0. The maximum atomic E-state index is 12.0. The minimum absolute atomic E-state index is 0.100. The maximum absolute atomic E-state index is 12.0. The predicted octanol–water partition coefficient (Wildman–Crippen LogP) is 3.94. The number of rotatable bonds is 2. The standard InChI is InChI=1S/C13H13BrClNO/c14-11-8-4-7-10(12(11)15)13(17)16-9-5-2-1-3-6-9/h1-2,4,7-9H,3,5-6H2,(H,16,17). The van der Waals surface area contributed by atoms with Crippen LogP contribution in [-0.4, -0.2) is 11.9 Å². The molecule has 0 heterocycles. The van der Waals surface area contributed by atoms with Crippen LogP contribution in [0.25, 0.3) is 0 Å². The first-order valence-corrected chi connectivity index (χ1v) is 6.75. The molecule has 1 N–H and O–H groups in total. The number of carbonyl (C=O) groups excluding carboxylic acids is 1. The van der Waals surface area contributed by atoms with Crippen LogP contribution in [0.4, 0.5) is 0 Å². The van der Waals surface area contributed by atoms with Crippen LogP contribution in [-0.2, 0) is 0 Å². The average Bonchev–Trinajstić information content (AvgIpc) is 2.34. The van der Waals surface area contributed by atoms with Crippen molar-refractivity contribution < 1.29 is 4.79 Å². The number of hydrogen-bond acceptors (Lipinski definition) is 1. The highest BCUT2D eigenvalue weighted by Crippen LogP contribution is 2.26. The lowest BCUT2D eigenvalue weighted by molar-refractivity contribution is 0.0935. The summed E-state index contributed by atoms with van der Waals surface area (Å²) in [5.74, 6) is -0.100. The fraction of sp³-hybridized carbons (Fsp3) is 0.308. The van der Waals surface area contributed by atoms with Crippen LogP contribution in [0, 0.1) is 0 Å². The summed E-state index contributed by atoms with van der Waals surface area (Å²) in [6.45, 7) is 0. The zero-order valence-corrected chi connectivity index (χ0v) is 11.6. The van der Waals surface area contributed by atoms with Gasteiger partial charge in [-0.2, -0.15) is 0 Å². The molecule has 1 aliphatic carbocycles. The van der Waals surface area contributed by atoms with E-state index in [1.807, 2.05) is 12.1 Å². The SMILES string of the molecule is O=C(NC1CC=CCC1)c1cccc(Br)c1Cl. The highest BCUT2D eigenvalue weighted by Gasteiger charge is 2.17. The first-order chi connectivity index (χ1) is 8.18. The molecule has 0 spiro atoms. The van der Waals surface area contributed by atoms with Gasteiger partial charge in [0.05, 0.1) is 10.6 Å². The Morgan fingerprint density at radius 2 is 2.24 bits per heavy atom. The Hall–Kier alpha value is -0.800. The summed E-state index contributed by atoms with van der Waals surface area (Å²) in [6, 6.07) is 5.59. The summed E-state index contributed by atoms with van der Waals surface area (Å²) in [4.78, 5) is 12.0. The second-order valence-corrected chi connectivity index (χ2v) is 5.29. The average molecular weight is 315 g/mol. The molecule has 0 aliphatic heterocycles. The molecule has 1 amide bonds. The molecule has 1 aliphatic rings. The lowest BCUT2D eigenvalue weighted by Gasteiger charge is -2.19. The van der Waals surface area contributed by atoms with E-state index in [0.29, 0.717) is 10.6 Å². The summed E-state index contributed by atoms with van der Waals surface area (Å²) >= 11 is 9.40. The minimum atomic E-state index is -0.100. The number of allylic oxidation sites excluding steroid dienone is 1. The number of amides is 1. The second-order valence-electron chi connectivity index (χ2n) is 4.06. The predicted molar refractivity (Wildman–Crippen MR) is 73.4 cm³/mol. The van der Waals surface area contributed by atoms with Crippen molar-refractivity contribution in [2.45, 2.75) is 25.3 Å². The molecule has 4 heteroatoms. The molecule has 0 bridgehead atoms. The molecule has 1 aromatic carbocycles. The monoisotopic (exact) mass is 313 g/mol. The van der Waals surface area contributed by atoms with Crippen molar-refractivity contribution >= 4 is 33.4 Å². The van der Waals surface area contributed by atoms with Crippen molar-refractivity contribution in [2.75, 3.05) is 0 Å². The van der Waals surface area contributed by atoms with E-state index in [4.69, 9.17) is 11.6 Å². The Morgan fingerprint density at radius 1 is 1.41 bits per heavy atom. The van der Waals surface area contributed by atoms with Gasteiger partial charge >= 0.3 is 0 Å². The van der Waals surface area contributed by atoms with Gasteiger partial charge < -0.3 is 5.32 Å². The molecule has 1 atom stereocenters. The van der Waals surface area contributed by atoms with Gasteiger partial charge in [-0.05, 0) is 47.3 Å². The van der Waals surface area contributed by atoms with E-state index in [0.717, 1.165) is 23.7 Å². The van der Waals surface area contributed by atoms with Crippen molar-refractivity contribution in [3.05, 3.63) is 45.4 Å². The van der Waals surface area contributed by atoms with Crippen LogP contribution in [0.15, 0.2) is 34.8 Å². The molecule has 0 saturated heterocycles. The normalized spacial score (nSPS) is 19.1. The Balaban J connectivity index is 2.09. The Morgan fingerprint density at radius 3 is 2.94 bits per heavy atom. The lowest BCUT2D eigenvalue weighted by atomic mass is 10.0. The number of hydrogen-bond donors (Lipinski definition) is 1. The lowest BCUT2D eigenvalue weighted by Crippen LogP contribution is -2.35. The molecule has 17 heavy (non-hydrogen) atoms. The van der Waals surface area contributed by atoms with Gasteiger partial charge in [0.1, 0.15) is 0 Å². The van der Waals surface area contributed by atoms with E-state index in [-0.39, 0.29) is 11.9 Å². The van der Waals surface area contributed by atoms with Gasteiger partial charge in [0, 0.05) is 10.5 Å². The summed E-state index contributed by atoms with van der Waals surface area (Å²) in [6.07, 6.45) is 7.17. The van der Waals surface area contributed by atoms with E-state index >= 15 is 0 Å². The van der Waals surface area contributed by atoms with Gasteiger partial charge in [-0.3, -0.25) is 4.79 Å². The smallest absolute Gasteiger partial charge is 0.253 e. The fourth-order valence-electron chi connectivity index (χ4n) is 1.87. The van der Waals surface area contributed by atoms with Crippen LogP contribution in [0.2, 0.25) is 5.02 Å². The largest absolute Gasteiger partial charge is 0.349 e. The van der Waals surface area contributed by atoms with E-state index in [2.05, 4.69) is 33.4 Å². The summed E-state index contributed by atoms with van der Waals surface area (Å²) in [5, 5.41) is 3.48. The van der Waals surface area contributed by atoms with Crippen molar-refractivity contribution in [1.29, 1.82) is 0 Å². The third kappa shape index (κ3) is 3.11. The molecular weight excluding hydrogens is 302 g/mol. The highest BCUT2D eigenvalue weighted by atomic mass is 79.9. The Labute approximate surface area is 114 Å². The molecule has 0 saturated carbocycles. The van der Waals surface area contributed by atoms with Crippen LogP contribution in [0.5, 0.6) is 0 Å². The molecular formula is C13H13BrClNO. The zero-order valence-electron chi connectivity index (χ0n) is 9.25. The molecule has 2 nitrogen and oxygen atoms in total. The van der Waals surface area contributed by atoms with Crippen molar-refractivity contribution in [3.8, 4) is 0 Å². The van der Waals surface area contributed by atoms with Gasteiger partial charge in [0.25, 0.3) is 5.91 Å². The van der Waals surface area contributed by atoms with E-state index in [1.165, 1.54) is 0 Å². The molecule has 0 radical (unpaired) electrons. The molecule has 0 fully saturated rings. The van der Waals surface area contributed by atoms with Crippen molar-refractivity contribution in [2.24, 2.45) is 0 Å². The summed E-state index contributed by atoms with van der Waals surface area (Å²) in [5.41, 5.74) is 0.524. The van der Waals surface area contributed by atoms with Gasteiger partial charge in [-0.25, -0.2) is 0 Å². The first-order valence-electron chi connectivity index (χ1n) is 5.58. The molecule has 2 rings (SSSR count). The Kier molecular flexibility index (Phi) is 4.24.